The zero-order chi connectivity index (χ0) is 8.55. The average Bonchev–Trinajstić information content (AvgIpc) is 2.47. The molecule has 0 aliphatic heterocycles. The normalized spacial score (nSPS) is 10.4. The third kappa shape index (κ3) is 0.906. The largest absolute Gasteiger partial charge is 0.504 e. The Labute approximate surface area is 69.2 Å². The van der Waals surface area contributed by atoms with E-state index in [1.807, 2.05) is 0 Å². The van der Waals surface area contributed by atoms with Crippen molar-refractivity contribution in [3.8, 4) is 11.5 Å². The van der Waals surface area contributed by atoms with Crippen molar-refractivity contribution in [2.45, 2.75) is 0 Å². The van der Waals surface area contributed by atoms with Crippen LogP contribution in [0.25, 0.3) is 11.0 Å². The van der Waals surface area contributed by atoms with Crippen LogP contribution in [-0.2, 0) is 0 Å². The Morgan fingerprint density at radius 1 is 1.42 bits per heavy atom. The monoisotopic (exact) mass is 164 g/mol. The van der Waals surface area contributed by atoms with E-state index in [-0.39, 0.29) is 5.75 Å². The van der Waals surface area contributed by atoms with Gasteiger partial charge in [-0.2, -0.15) is 0 Å². The molecular formula is C9H8O3. The highest BCUT2D eigenvalue weighted by Gasteiger charge is 2.04. The van der Waals surface area contributed by atoms with Crippen LogP contribution in [0.4, 0.5) is 0 Å². The fourth-order valence-electron chi connectivity index (χ4n) is 1.12. The number of methoxy groups -OCH3 is 1. The van der Waals surface area contributed by atoms with Gasteiger partial charge in [0.15, 0.2) is 5.75 Å². The van der Waals surface area contributed by atoms with Gasteiger partial charge >= 0.3 is 0 Å². The quantitative estimate of drug-likeness (QED) is 0.702. The molecule has 62 valence electrons. The SMILES string of the molecule is COc1ccc2occ(O)c2c1. The molecule has 0 radical (unpaired) electrons. The molecule has 3 heteroatoms. The van der Waals surface area contributed by atoms with E-state index in [9.17, 15) is 5.11 Å². The Bertz CT molecular complexity index is 403. The summed E-state index contributed by atoms with van der Waals surface area (Å²) in [6.45, 7) is 0. The maximum atomic E-state index is 9.28. The molecule has 1 aromatic heterocycles. The Balaban J connectivity index is 2.71. The fourth-order valence-corrected chi connectivity index (χ4v) is 1.12. The van der Waals surface area contributed by atoms with E-state index in [1.54, 1.807) is 25.3 Å². The van der Waals surface area contributed by atoms with Crippen molar-refractivity contribution < 1.29 is 14.3 Å². The summed E-state index contributed by atoms with van der Waals surface area (Å²) in [6.07, 6.45) is 1.31. The summed E-state index contributed by atoms with van der Waals surface area (Å²) in [4.78, 5) is 0. The van der Waals surface area contributed by atoms with E-state index >= 15 is 0 Å². The number of aromatic hydroxyl groups is 1. The lowest BCUT2D eigenvalue weighted by Gasteiger charge is -1.97. The van der Waals surface area contributed by atoms with Crippen molar-refractivity contribution in [1.29, 1.82) is 0 Å². The van der Waals surface area contributed by atoms with E-state index in [1.165, 1.54) is 6.26 Å². The van der Waals surface area contributed by atoms with Crippen molar-refractivity contribution in [1.82, 2.24) is 0 Å². The lowest BCUT2D eigenvalue weighted by molar-refractivity contribution is 0.415. The summed E-state index contributed by atoms with van der Waals surface area (Å²) in [5, 5.41) is 9.96. The van der Waals surface area contributed by atoms with Crippen LogP contribution >= 0.6 is 0 Å². The lowest BCUT2D eigenvalue weighted by atomic mass is 10.2. The molecule has 0 aliphatic carbocycles. The minimum atomic E-state index is 0.143. The van der Waals surface area contributed by atoms with E-state index in [0.717, 1.165) is 0 Å². The minimum absolute atomic E-state index is 0.143. The molecule has 0 fully saturated rings. The Morgan fingerprint density at radius 3 is 3.00 bits per heavy atom. The molecular weight excluding hydrogens is 156 g/mol. The molecule has 0 saturated carbocycles. The van der Waals surface area contributed by atoms with Gasteiger partial charge in [-0.3, -0.25) is 0 Å². The van der Waals surface area contributed by atoms with Gasteiger partial charge in [-0.05, 0) is 18.2 Å². The van der Waals surface area contributed by atoms with Gasteiger partial charge in [-0.15, -0.1) is 0 Å². The Morgan fingerprint density at radius 2 is 2.25 bits per heavy atom. The first-order valence-electron chi connectivity index (χ1n) is 3.55. The number of rotatable bonds is 1. The second-order valence-corrected chi connectivity index (χ2v) is 2.48. The molecule has 2 rings (SSSR count). The first kappa shape index (κ1) is 7.03. The first-order chi connectivity index (χ1) is 5.81. The molecule has 3 nitrogen and oxygen atoms in total. The standard InChI is InChI=1S/C9H8O3/c1-11-6-2-3-9-7(4-6)8(10)5-12-9/h2-5,10H,1H3. The van der Waals surface area contributed by atoms with Crippen LogP contribution in [0.1, 0.15) is 0 Å². The third-order valence-corrected chi connectivity index (χ3v) is 1.76. The molecule has 2 aromatic rings. The van der Waals surface area contributed by atoms with E-state index in [4.69, 9.17) is 9.15 Å². The van der Waals surface area contributed by atoms with Gasteiger partial charge in [-0.25, -0.2) is 0 Å². The summed E-state index contributed by atoms with van der Waals surface area (Å²) in [6, 6.07) is 5.27. The second kappa shape index (κ2) is 2.44. The second-order valence-electron chi connectivity index (χ2n) is 2.48. The lowest BCUT2D eigenvalue weighted by Crippen LogP contribution is -1.80. The summed E-state index contributed by atoms with van der Waals surface area (Å²) >= 11 is 0. The zero-order valence-corrected chi connectivity index (χ0v) is 6.57. The van der Waals surface area contributed by atoms with E-state index < -0.39 is 0 Å². The molecule has 0 amide bonds. The van der Waals surface area contributed by atoms with Crippen molar-refractivity contribution in [3.63, 3.8) is 0 Å². The third-order valence-electron chi connectivity index (χ3n) is 1.76. The van der Waals surface area contributed by atoms with Crippen LogP contribution < -0.4 is 4.74 Å². The molecule has 0 spiro atoms. The molecule has 1 heterocycles. The molecule has 12 heavy (non-hydrogen) atoms. The number of fused-ring (bicyclic) bond motifs is 1. The Kier molecular flexibility index (Phi) is 1.43. The van der Waals surface area contributed by atoms with Crippen LogP contribution in [0.5, 0.6) is 11.5 Å². The van der Waals surface area contributed by atoms with Crippen molar-refractivity contribution >= 4 is 11.0 Å². The topological polar surface area (TPSA) is 42.6 Å². The molecule has 1 N–H and O–H groups in total. The molecule has 0 saturated heterocycles. The highest BCUT2D eigenvalue weighted by molar-refractivity contribution is 5.84. The molecule has 0 atom stereocenters. The van der Waals surface area contributed by atoms with Gasteiger partial charge < -0.3 is 14.3 Å². The smallest absolute Gasteiger partial charge is 0.161 e. The maximum absolute atomic E-state index is 9.28. The molecule has 0 aliphatic rings. The van der Waals surface area contributed by atoms with Gasteiger partial charge in [0, 0.05) is 0 Å². The predicted molar refractivity (Wildman–Crippen MR) is 44.4 cm³/mol. The number of hydrogen-bond donors (Lipinski definition) is 1. The van der Waals surface area contributed by atoms with Crippen molar-refractivity contribution in [2.24, 2.45) is 0 Å². The maximum Gasteiger partial charge on any atom is 0.161 e. The van der Waals surface area contributed by atoms with Crippen LogP contribution in [0.2, 0.25) is 0 Å². The number of furan rings is 1. The Hall–Kier alpha value is -1.64. The van der Waals surface area contributed by atoms with Crippen LogP contribution in [-0.4, -0.2) is 12.2 Å². The van der Waals surface area contributed by atoms with Gasteiger partial charge in [0.1, 0.15) is 17.6 Å². The highest BCUT2D eigenvalue weighted by Crippen LogP contribution is 2.29. The van der Waals surface area contributed by atoms with E-state index in [0.29, 0.717) is 16.7 Å². The fraction of sp³-hybridized carbons (Fsp3) is 0.111. The molecule has 1 aromatic carbocycles. The van der Waals surface area contributed by atoms with Crippen LogP contribution in [0, 0.1) is 0 Å². The minimum Gasteiger partial charge on any atom is -0.504 e. The van der Waals surface area contributed by atoms with Gasteiger partial charge in [0.2, 0.25) is 0 Å². The summed E-state index contributed by atoms with van der Waals surface area (Å²) in [7, 11) is 1.58. The zero-order valence-electron chi connectivity index (χ0n) is 6.57. The van der Waals surface area contributed by atoms with Crippen LogP contribution in [0.15, 0.2) is 28.9 Å². The predicted octanol–water partition coefficient (Wildman–Crippen LogP) is 2.15. The van der Waals surface area contributed by atoms with Gasteiger partial charge in [0.25, 0.3) is 0 Å². The first-order valence-corrected chi connectivity index (χ1v) is 3.55. The van der Waals surface area contributed by atoms with Crippen LogP contribution in [0.3, 0.4) is 0 Å². The highest BCUT2D eigenvalue weighted by atomic mass is 16.5. The summed E-state index contributed by atoms with van der Waals surface area (Å²) in [5.74, 6) is 0.850. The molecule has 0 unspecified atom stereocenters. The number of hydrogen-bond acceptors (Lipinski definition) is 3. The average molecular weight is 164 g/mol. The summed E-state index contributed by atoms with van der Waals surface area (Å²) in [5.41, 5.74) is 0.660. The number of ether oxygens (including phenoxy) is 1. The summed E-state index contributed by atoms with van der Waals surface area (Å²) < 4.78 is 10.0. The van der Waals surface area contributed by atoms with Crippen molar-refractivity contribution in [3.05, 3.63) is 24.5 Å². The number of benzene rings is 1. The van der Waals surface area contributed by atoms with Gasteiger partial charge in [0.05, 0.1) is 12.5 Å². The van der Waals surface area contributed by atoms with Crippen molar-refractivity contribution in [2.75, 3.05) is 7.11 Å². The molecule has 0 bridgehead atoms. The van der Waals surface area contributed by atoms with E-state index in [2.05, 4.69) is 0 Å². The van der Waals surface area contributed by atoms with Gasteiger partial charge in [-0.1, -0.05) is 0 Å².